The molecule has 0 saturated carbocycles. The van der Waals surface area contributed by atoms with Crippen LogP contribution in [0, 0.1) is 5.92 Å². The molecule has 0 fully saturated rings. The average molecular weight is 255 g/mol. The van der Waals surface area contributed by atoms with Crippen molar-refractivity contribution in [1.82, 2.24) is 14.5 Å². The van der Waals surface area contributed by atoms with Crippen molar-refractivity contribution in [1.29, 1.82) is 0 Å². The van der Waals surface area contributed by atoms with E-state index in [0.717, 1.165) is 17.7 Å². The van der Waals surface area contributed by atoms with Crippen molar-refractivity contribution in [2.75, 3.05) is 19.5 Å². The van der Waals surface area contributed by atoms with Crippen molar-refractivity contribution in [3.63, 3.8) is 0 Å². The van der Waals surface area contributed by atoms with Crippen LogP contribution < -0.4 is 5.73 Å². The summed E-state index contributed by atoms with van der Waals surface area (Å²) in [4.78, 5) is 8.50. The molecule has 92 valence electrons. The molecule has 2 N–H and O–H groups in total. The van der Waals surface area contributed by atoms with Crippen molar-refractivity contribution < 1.29 is 4.74 Å². The number of hydrogen-bond acceptors (Lipinski definition) is 4. The van der Waals surface area contributed by atoms with E-state index >= 15 is 0 Å². The van der Waals surface area contributed by atoms with Crippen molar-refractivity contribution in [3.05, 3.63) is 17.3 Å². The molecule has 2 rings (SSSR count). The highest BCUT2D eigenvalue weighted by Gasteiger charge is 2.12. The fourth-order valence-corrected chi connectivity index (χ4v) is 1.98. The molecule has 0 bridgehead atoms. The number of nitrogens with two attached hydrogens (primary N) is 1. The smallest absolute Gasteiger partial charge is 0.202 e. The maximum Gasteiger partial charge on any atom is 0.202 e. The van der Waals surface area contributed by atoms with Crippen LogP contribution in [0.25, 0.3) is 11.2 Å². The first-order valence-corrected chi connectivity index (χ1v) is 5.75. The number of nitrogen functional groups attached to an aromatic ring is 1. The molecule has 0 amide bonds. The van der Waals surface area contributed by atoms with Gasteiger partial charge in [-0.3, -0.25) is 4.57 Å². The van der Waals surface area contributed by atoms with E-state index in [9.17, 15) is 0 Å². The maximum atomic E-state index is 5.88. The van der Waals surface area contributed by atoms with Crippen LogP contribution in [0.4, 0.5) is 5.95 Å². The largest absolute Gasteiger partial charge is 0.384 e. The summed E-state index contributed by atoms with van der Waals surface area (Å²) in [5.41, 5.74) is 7.36. The van der Waals surface area contributed by atoms with Crippen LogP contribution in [0.3, 0.4) is 0 Å². The molecule has 5 nitrogen and oxygen atoms in total. The van der Waals surface area contributed by atoms with Crippen LogP contribution in [0.1, 0.15) is 6.92 Å². The zero-order valence-corrected chi connectivity index (χ0v) is 10.6. The summed E-state index contributed by atoms with van der Waals surface area (Å²) in [6, 6.07) is 1.76. The van der Waals surface area contributed by atoms with E-state index in [1.165, 1.54) is 0 Å². The standard InChI is InChI=1S/C11H15ClN4O/c1-7(6-17-2)5-16-10-9(15-11(16)13)3-8(12)4-14-10/h3-4,7H,5-6H2,1-2H3,(H2,13,15). The third-order valence-corrected chi connectivity index (χ3v) is 2.73. The third-order valence-electron chi connectivity index (χ3n) is 2.53. The molecule has 6 heteroatoms. The third kappa shape index (κ3) is 2.50. The van der Waals surface area contributed by atoms with Crippen molar-refractivity contribution in [2.24, 2.45) is 5.92 Å². The minimum atomic E-state index is 0.345. The molecule has 2 aromatic rings. The number of rotatable bonds is 4. The monoisotopic (exact) mass is 254 g/mol. The first kappa shape index (κ1) is 12.1. The molecule has 1 atom stereocenters. The maximum absolute atomic E-state index is 5.88. The van der Waals surface area contributed by atoms with Crippen LogP contribution >= 0.6 is 11.6 Å². The van der Waals surface area contributed by atoms with E-state index in [2.05, 4.69) is 16.9 Å². The Morgan fingerprint density at radius 2 is 2.35 bits per heavy atom. The Morgan fingerprint density at radius 1 is 1.59 bits per heavy atom. The molecule has 0 aliphatic rings. The number of anilines is 1. The lowest BCUT2D eigenvalue weighted by Gasteiger charge is -2.12. The number of fused-ring (bicyclic) bond motifs is 1. The summed E-state index contributed by atoms with van der Waals surface area (Å²) in [5.74, 6) is 0.801. The summed E-state index contributed by atoms with van der Waals surface area (Å²) in [6.45, 7) is 3.49. The van der Waals surface area contributed by atoms with E-state index in [1.807, 2.05) is 4.57 Å². The molecule has 2 aromatic heterocycles. The van der Waals surface area contributed by atoms with Crippen LogP contribution in [0.5, 0.6) is 0 Å². The Balaban J connectivity index is 2.36. The lowest BCUT2D eigenvalue weighted by molar-refractivity contribution is 0.152. The zero-order valence-electron chi connectivity index (χ0n) is 9.85. The van der Waals surface area contributed by atoms with Gasteiger partial charge >= 0.3 is 0 Å². The molecule has 0 radical (unpaired) electrons. The predicted octanol–water partition coefficient (Wildman–Crippen LogP) is 1.95. The first-order valence-electron chi connectivity index (χ1n) is 5.38. The second-order valence-corrected chi connectivity index (χ2v) is 4.57. The molecule has 0 aliphatic carbocycles. The van der Waals surface area contributed by atoms with Crippen molar-refractivity contribution in [3.8, 4) is 0 Å². The summed E-state index contributed by atoms with van der Waals surface area (Å²) in [5, 5.41) is 0.562. The van der Waals surface area contributed by atoms with Gasteiger partial charge in [0.25, 0.3) is 0 Å². The highest BCUT2D eigenvalue weighted by atomic mass is 35.5. The Kier molecular flexibility index (Phi) is 3.49. The molecule has 0 saturated heterocycles. The SMILES string of the molecule is COCC(C)Cn1c(N)nc2cc(Cl)cnc21. The Labute approximate surface area is 105 Å². The van der Waals surface area contributed by atoms with E-state index in [1.54, 1.807) is 19.4 Å². The van der Waals surface area contributed by atoms with Gasteiger partial charge in [0.2, 0.25) is 5.95 Å². The number of hydrogen-bond donors (Lipinski definition) is 1. The fourth-order valence-electron chi connectivity index (χ4n) is 1.83. The highest BCUT2D eigenvalue weighted by Crippen LogP contribution is 2.20. The molecule has 1 unspecified atom stereocenters. The van der Waals surface area contributed by atoms with Crippen LogP contribution in [-0.2, 0) is 11.3 Å². The van der Waals surface area contributed by atoms with Crippen molar-refractivity contribution in [2.45, 2.75) is 13.5 Å². The highest BCUT2D eigenvalue weighted by molar-refractivity contribution is 6.31. The minimum absolute atomic E-state index is 0.345. The van der Waals surface area contributed by atoms with Gasteiger partial charge in [0.1, 0.15) is 5.52 Å². The van der Waals surface area contributed by atoms with Gasteiger partial charge in [-0.05, 0) is 12.0 Å². The van der Waals surface area contributed by atoms with Gasteiger partial charge in [-0.1, -0.05) is 18.5 Å². The van der Waals surface area contributed by atoms with Crippen LogP contribution in [-0.4, -0.2) is 28.3 Å². The normalized spacial score (nSPS) is 13.1. The second kappa shape index (κ2) is 4.89. The van der Waals surface area contributed by atoms with E-state index in [-0.39, 0.29) is 0 Å². The summed E-state index contributed by atoms with van der Waals surface area (Å²) >= 11 is 5.86. The van der Waals surface area contributed by atoms with Crippen molar-refractivity contribution >= 4 is 28.7 Å². The van der Waals surface area contributed by atoms with E-state index in [0.29, 0.717) is 23.5 Å². The number of pyridine rings is 1. The van der Waals surface area contributed by atoms with Gasteiger partial charge < -0.3 is 10.5 Å². The zero-order chi connectivity index (χ0) is 12.4. The predicted molar refractivity (Wildman–Crippen MR) is 68.0 cm³/mol. The Hall–Kier alpha value is -1.33. The molecule has 2 heterocycles. The van der Waals surface area contributed by atoms with Gasteiger partial charge in [0, 0.05) is 19.9 Å². The summed E-state index contributed by atoms with van der Waals surface area (Å²) < 4.78 is 6.99. The number of nitrogens with zero attached hydrogens (tertiary/aromatic N) is 3. The molecule has 17 heavy (non-hydrogen) atoms. The average Bonchev–Trinajstić information content (AvgIpc) is 2.55. The first-order chi connectivity index (χ1) is 8.11. The number of halogens is 1. The molecular weight excluding hydrogens is 240 g/mol. The van der Waals surface area contributed by atoms with E-state index < -0.39 is 0 Å². The Morgan fingerprint density at radius 3 is 3.06 bits per heavy atom. The summed E-state index contributed by atoms with van der Waals surface area (Å²) in [7, 11) is 1.68. The molecule has 0 aromatic carbocycles. The lowest BCUT2D eigenvalue weighted by Crippen LogP contribution is -2.14. The molecular formula is C11H15ClN4O. The topological polar surface area (TPSA) is 66.0 Å². The van der Waals surface area contributed by atoms with E-state index in [4.69, 9.17) is 22.1 Å². The molecule has 0 aliphatic heterocycles. The quantitative estimate of drug-likeness (QED) is 0.906. The van der Waals surface area contributed by atoms with Gasteiger partial charge in [-0.15, -0.1) is 0 Å². The van der Waals surface area contributed by atoms with Crippen LogP contribution in [0.15, 0.2) is 12.3 Å². The fraction of sp³-hybridized carbons (Fsp3) is 0.455. The van der Waals surface area contributed by atoms with Gasteiger partial charge in [0.05, 0.1) is 11.6 Å². The number of imidazole rings is 1. The number of aromatic nitrogens is 3. The van der Waals surface area contributed by atoms with Crippen LogP contribution in [0.2, 0.25) is 5.02 Å². The summed E-state index contributed by atoms with van der Waals surface area (Å²) in [6.07, 6.45) is 1.60. The minimum Gasteiger partial charge on any atom is -0.384 e. The lowest BCUT2D eigenvalue weighted by atomic mass is 10.2. The number of methoxy groups -OCH3 is 1. The van der Waals surface area contributed by atoms with Gasteiger partial charge in [-0.2, -0.15) is 0 Å². The Bertz CT molecular complexity index is 525. The second-order valence-electron chi connectivity index (χ2n) is 4.14. The van der Waals surface area contributed by atoms with Gasteiger partial charge in [0.15, 0.2) is 5.65 Å². The number of ether oxygens (including phenoxy) is 1. The molecule has 0 spiro atoms. The van der Waals surface area contributed by atoms with Gasteiger partial charge in [-0.25, -0.2) is 9.97 Å².